The topological polar surface area (TPSA) is 67.6 Å². The molecule has 1 aliphatic carbocycles. The first-order valence-electron chi connectivity index (χ1n) is 7.53. The van der Waals surface area contributed by atoms with Crippen LogP contribution in [0, 0.1) is 0 Å². The maximum Gasteiger partial charge on any atom is 0.238 e. The van der Waals surface area contributed by atoms with Crippen LogP contribution in [0.25, 0.3) is 0 Å². The third kappa shape index (κ3) is 4.36. The minimum atomic E-state index is -0.0352. The van der Waals surface area contributed by atoms with Gasteiger partial charge in [-0.05, 0) is 38.1 Å². The molecule has 0 bridgehead atoms. The first-order valence-corrected chi connectivity index (χ1v) is 7.53. The highest BCUT2D eigenvalue weighted by molar-refractivity contribution is 5.94. The van der Waals surface area contributed by atoms with Crippen LogP contribution < -0.4 is 15.8 Å². The van der Waals surface area contributed by atoms with Gasteiger partial charge in [0.1, 0.15) is 5.75 Å². The summed E-state index contributed by atoms with van der Waals surface area (Å²) in [5.74, 6) is 0.588. The Morgan fingerprint density at radius 1 is 1.38 bits per heavy atom. The number of nitrogen functional groups attached to an aromatic ring is 1. The zero-order chi connectivity index (χ0) is 15.2. The largest absolute Gasteiger partial charge is 0.495 e. The highest BCUT2D eigenvalue weighted by Gasteiger charge is 2.20. The molecule has 0 radical (unpaired) electrons. The van der Waals surface area contributed by atoms with Crippen LogP contribution in [0.2, 0.25) is 0 Å². The monoisotopic (exact) mass is 291 g/mol. The van der Waals surface area contributed by atoms with Gasteiger partial charge in [0.25, 0.3) is 0 Å². The van der Waals surface area contributed by atoms with Gasteiger partial charge in [0.05, 0.1) is 19.3 Å². The number of likely N-dealkylation sites (N-methyl/N-ethyl adjacent to an activating group) is 1. The molecular weight excluding hydrogens is 266 g/mol. The number of benzene rings is 1. The van der Waals surface area contributed by atoms with E-state index in [1.807, 2.05) is 7.05 Å². The lowest BCUT2D eigenvalue weighted by Gasteiger charge is -2.30. The third-order valence-electron chi connectivity index (χ3n) is 4.09. The molecule has 0 aliphatic heterocycles. The number of hydrogen-bond donors (Lipinski definition) is 2. The van der Waals surface area contributed by atoms with E-state index in [4.69, 9.17) is 10.5 Å². The summed E-state index contributed by atoms with van der Waals surface area (Å²) in [6.07, 6.45) is 6.22. The molecule has 2 rings (SSSR count). The average Bonchev–Trinajstić information content (AvgIpc) is 2.48. The first-order chi connectivity index (χ1) is 10.1. The molecule has 116 valence electrons. The second-order valence-corrected chi connectivity index (χ2v) is 5.71. The van der Waals surface area contributed by atoms with Crippen molar-refractivity contribution in [3.05, 3.63) is 18.2 Å². The lowest BCUT2D eigenvalue weighted by Crippen LogP contribution is -2.39. The summed E-state index contributed by atoms with van der Waals surface area (Å²) in [7, 11) is 3.60. The van der Waals surface area contributed by atoms with Gasteiger partial charge in [-0.15, -0.1) is 0 Å². The maximum absolute atomic E-state index is 12.2. The Balaban J connectivity index is 1.93. The fraction of sp³-hybridized carbons (Fsp3) is 0.562. The van der Waals surface area contributed by atoms with Gasteiger partial charge in [-0.3, -0.25) is 9.69 Å². The quantitative estimate of drug-likeness (QED) is 0.818. The lowest BCUT2D eigenvalue weighted by molar-refractivity contribution is -0.117. The molecule has 5 nitrogen and oxygen atoms in total. The van der Waals surface area contributed by atoms with Crippen LogP contribution in [0.3, 0.4) is 0 Å². The Morgan fingerprint density at radius 3 is 2.76 bits per heavy atom. The SMILES string of the molecule is COc1ccc(N)cc1NC(=O)CN(C)C1CCCCC1. The molecule has 1 aromatic carbocycles. The molecule has 1 amide bonds. The summed E-state index contributed by atoms with van der Waals surface area (Å²) in [5.41, 5.74) is 6.99. The van der Waals surface area contributed by atoms with Crippen LogP contribution >= 0.6 is 0 Å². The summed E-state index contributed by atoms with van der Waals surface area (Å²) in [4.78, 5) is 14.3. The second-order valence-electron chi connectivity index (χ2n) is 5.71. The fourth-order valence-electron chi connectivity index (χ4n) is 2.89. The van der Waals surface area contributed by atoms with Gasteiger partial charge in [0, 0.05) is 11.7 Å². The first kappa shape index (κ1) is 15.6. The Hall–Kier alpha value is -1.75. The molecule has 1 fully saturated rings. The molecule has 0 spiro atoms. The Kier molecular flexibility index (Phi) is 5.44. The van der Waals surface area contributed by atoms with E-state index in [1.54, 1.807) is 25.3 Å². The number of carbonyl (C=O) groups is 1. The van der Waals surface area contributed by atoms with Crippen molar-refractivity contribution in [2.45, 2.75) is 38.1 Å². The summed E-state index contributed by atoms with van der Waals surface area (Å²) in [6.45, 7) is 0.391. The molecule has 0 aromatic heterocycles. The van der Waals surface area contributed by atoms with Crippen LogP contribution in [0.5, 0.6) is 5.75 Å². The van der Waals surface area contributed by atoms with Gasteiger partial charge in [-0.2, -0.15) is 0 Å². The van der Waals surface area contributed by atoms with Crippen molar-refractivity contribution in [3.63, 3.8) is 0 Å². The van der Waals surface area contributed by atoms with Gasteiger partial charge in [0.2, 0.25) is 5.91 Å². The lowest BCUT2D eigenvalue weighted by atomic mass is 9.94. The number of methoxy groups -OCH3 is 1. The predicted octanol–water partition coefficient (Wildman–Crippen LogP) is 2.48. The van der Waals surface area contributed by atoms with Crippen LogP contribution in [0.1, 0.15) is 32.1 Å². The molecule has 3 N–H and O–H groups in total. The van der Waals surface area contributed by atoms with Gasteiger partial charge in [-0.1, -0.05) is 19.3 Å². The molecular formula is C16H25N3O2. The molecule has 0 heterocycles. The number of hydrogen-bond acceptors (Lipinski definition) is 4. The van der Waals surface area contributed by atoms with Crippen molar-refractivity contribution < 1.29 is 9.53 Å². The molecule has 1 saturated carbocycles. The molecule has 0 saturated heterocycles. The molecule has 0 atom stereocenters. The van der Waals surface area contributed by atoms with Gasteiger partial charge in [0.15, 0.2) is 0 Å². The van der Waals surface area contributed by atoms with E-state index >= 15 is 0 Å². The smallest absolute Gasteiger partial charge is 0.238 e. The highest BCUT2D eigenvalue weighted by atomic mass is 16.5. The van der Waals surface area contributed by atoms with E-state index in [9.17, 15) is 4.79 Å². The molecule has 0 unspecified atom stereocenters. The number of carbonyl (C=O) groups excluding carboxylic acids is 1. The van der Waals surface area contributed by atoms with Gasteiger partial charge < -0.3 is 15.8 Å². The minimum Gasteiger partial charge on any atom is -0.495 e. The fourth-order valence-corrected chi connectivity index (χ4v) is 2.89. The molecule has 5 heteroatoms. The zero-order valence-electron chi connectivity index (χ0n) is 12.9. The number of nitrogens with zero attached hydrogens (tertiary/aromatic N) is 1. The summed E-state index contributed by atoms with van der Waals surface area (Å²) in [5, 5.41) is 2.89. The van der Waals surface area contributed by atoms with Gasteiger partial charge in [-0.25, -0.2) is 0 Å². The zero-order valence-corrected chi connectivity index (χ0v) is 12.9. The molecule has 1 aromatic rings. The van der Waals surface area contributed by atoms with Crippen LogP contribution in [0.15, 0.2) is 18.2 Å². The van der Waals surface area contributed by atoms with Crippen molar-refractivity contribution >= 4 is 17.3 Å². The maximum atomic E-state index is 12.2. The minimum absolute atomic E-state index is 0.0352. The normalized spacial score (nSPS) is 16.0. The highest BCUT2D eigenvalue weighted by Crippen LogP contribution is 2.26. The second kappa shape index (κ2) is 7.31. The van der Waals surface area contributed by atoms with E-state index in [-0.39, 0.29) is 5.91 Å². The standard InChI is InChI=1S/C16H25N3O2/c1-19(13-6-4-3-5-7-13)11-16(20)18-14-10-12(17)8-9-15(14)21-2/h8-10,13H,3-7,11,17H2,1-2H3,(H,18,20). The number of nitrogens with two attached hydrogens (primary N) is 1. The van der Waals surface area contributed by atoms with E-state index in [0.29, 0.717) is 29.7 Å². The summed E-state index contributed by atoms with van der Waals surface area (Å²) in [6, 6.07) is 5.75. The number of amides is 1. The average molecular weight is 291 g/mol. The Labute approximate surface area is 126 Å². The summed E-state index contributed by atoms with van der Waals surface area (Å²) < 4.78 is 5.24. The van der Waals surface area contributed by atoms with E-state index in [1.165, 1.54) is 32.1 Å². The van der Waals surface area contributed by atoms with Crippen molar-refractivity contribution in [2.75, 3.05) is 31.8 Å². The summed E-state index contributed by atoms with van der Waals surface area (Å²) >= 11 is 0. The number of rotatable bonds is 5. The van der Waals surface area contributed by atoms with Crippen LogP contribution in [-0.2, 0) is 4.79 Å². The van der Waals surface area contributed by atoms with E-state index < -0.39 is 0 Å². The number of nitrogens with one attached hydrogen (secondary N) is 1. The number of anilines is 2. The molecule has 21 heavy (non-hydrogen) atoms. The van der Waals surface area contributed by atoms with E-state index in [2.05, 4.69) is 10.2 Å². The number of ether oxygens (including phenoxy) is 1. The van der Waals surface area contributed by atoms with E-state index in [0.717, 1.165) is 0 Å². The Bertz CT molecular complexity index is 484. The Morgan fingerprint density at radius 2 is 2.10 bits per heavy atom. The predicted molar refractivity (Wildman–Crippen MR) is 85.5 cm³/mol. The third-order valence-corrected chi connectivity index (χ3v) is 4.09. The van der Waals surface area contributed by atoms with Crippen LogP contribution in [0.4, 0.5) is 11.4 Å². The van der Waals surface area contributed by atoms with Crippen molar-refractivity contribution in [3.8, 4) is 5.75 Å². The van der Waals surface area contributed by atoms with Gasteiger partial charge >= 0.3 is 0 Å². The van der Waals surface area contributed by atoms with Crippen molar-refractivity contribution in [1.29, 1.82) is 0 Å². The molecule has 1 aliphatic rings. The van der Waals surface area contributed by atoms with Crippen molar-refractivity contribution in [1.82, 2.24) is 4.90 Å². The van der Waals surface area contributed by atoms with Crippen LogP contribution in [-0.4, -0.2) is 37.6 Å². The van der Waals surface area contributed by atoms with Crippen molar-refractivity contribution in [2.24, 2.45) is 0 Å².